The lowest BCUT2D eigenvalue weighted by molar-refractivity contribution is 0.0176. The van der Waals surface area contributed by atoms with Crippen LogP contribution in [-0.2, 0) is 4.74 Å². The molecule has 2 fully saturated rings. The van der Waals surface area contributed by atoms with E-state index in [2.05, 4.69) is 15.0 Å². The molecule has 2 aromatic heterocycles. The monoisotopic (exact) mass is 333 g/mol. The number of ether oxygens (including phenoxy) is 1. The van der Waals surface area contributed by atoms with Crippen LogP contribution < -0.4 is 5.32 Å². The maximum Gasteiger partial charge on any atom is 0.201 e. The van der Waals surface area contributed by atoms with Crippen molar-refractivity contribution in [3.8, 4) is 11.5 Å². The Labute approximate surface area is 140 Å². The van der Waals surface area contributed by atoms with Gasteiger partial charge in [-0.2, -0.15) is 0 Å². The Morgan fingerprint density at radius 1 is 1.26 bits per heavy atom. The van der Waals surface area contributed by atoms with Crippen LogP contribution in [0.5, 0.6) is 0 Å². The number of aromatic nitrogens is 4. The molecule has 124 valence electrons. The van der Waals surface area contributed by atoms with Gasteiger partial charge in [-0.3, -0.25) is 0 Å². The standard InChI is InChI=1S/C16H23N5OS/c1-11-18-13(10-23-11)15-19-16(14-9-17-7-8-22-14)21(20-15)12-5-3-2-4-6-12/h10,12,14,17H,2-9H2,1H3. The molecular formula is C16H23N5OS. The van der Waals surface area contributed by atoms with E-state index in [-0.39, 0.29) is 6.10 Å². The van der Waals surface area contributed by atoms with E-state index in [1.807, 2.05) is 12.3 Å². The molecule has 23 heavy (non-hydrogen) atoms. The zero-order valence-electron chi connectivity index (χ0n) is 13.5. The molecule has 0 aromatic carbocycles. The Bertz CT molecular complexity index is 620. The van der Waals surface area contributed by atoms with Crippen LogP contribution in [0.4, 0.5) is 0 Å². The molecule has 2 aromatic rings. The molecule has 0 radical (unpaired) electrons. The summed E-state index contributed by atoms with van der Waals surface area (Å²) in [5, 5.41) is 11.3. The van der Waals surface area contributed by atoms with Crippen LogP contribution >= 0.6 is 11.3 Å². The van der Waals surface area contributed by atoms with Gasteiger partial charge >= 0.3 is 0 Å². The summed E-state index contributed by atoms with van der Waals surface area (Å²) in [5.41, 5.74) is 0.882. The third kappa shape index (κ3) is 3.18. The van der Waals surface area contributed by atoms with Crippen LogP contribution in [0.25, 0.3) is 11.5 Å². The summed E-state index contributed by atoms with van der Waals surface area (Å²) < 4.78 is 8.09. The number of thiazole rings is 1. The van der Waals surface area contributed by atoms with Crippen molar-refractivity contribution in [1.82, 2.24) is 25.1 Å². The van der Waals surface area contributed by atoms with Gasteiger partial charge in [0, 0.05) is 18.5 Å². The average molecular weight is 333 g/mol. The Kier molecular flexibility index (Phi) is 4.41. The van der Waals surface area contributed by atoms with Crippen molar-refractivity contribution in [1.29, 1.82) is 0 Å². The molecule has 7 heteroatoms. The molecule has 2 aliphatic rings. The molecule has 0 bridgehead atoms. The second-order valence-electron chi connectivity index (χ2n) is 6.35. The van der Waals surface area contributed by atoms with Crippen molar-refractivity contribution in [2.75, 3.05) is 19.7 Å². The van der Waals surface area contributed by atoms with E-state index in [9.17, 15) is 0 Å². The molecule has 1 aliphatic heterocycles. The molecule has 0 spiro atoms. The Balaban J connectivity index is 1.70. The quantitative estimate of drug-likeness (QED) is 0.935. The highest BCUT2D eigenvalue weighted by Gasteiger charge is 2.28. The molecule has 1 aliphatic carbocycles. The fourth-order valence-electron chi connectivity index (χ4n) is 3.46. The molecule has 1 saturated carbocycles. The van der Waals surface area contributed by atoms with Crippen LogP contribution in [0, 0.1) is 6.92 Å². The van der Waals surface area contributed by atoms with E-state index >= 15 is 0 Å². The van der Waals surface area contributed by atoms with Gasteiger partial charge in [0.25, 0.3) is 0 Å². The Morgan fingerprint density at radius 3 is 2.83 bits per heavy atom. The maximum absolute atomic E-state index is 5.95. The van der Waals surface area contributed by atoms with Gasteiger partial charge in [-0.05, 0) is 19.8 Å². The van der Waals surface area contributed by atoms with E-state index in [1.165, 1.54) is 32.1 Å². The van der Waals surface area contributed by atoms with Gasteiger partial charge in [-0.15, -0.1) is 16.4 Å². The number of morpholine rings is 1. The van der Waals surface area contributed by atoms with E-state index in [0.29, 0.717) is 6.04 Å². The molecule has 1 unspecified atom stereocenters. The van der Waals surface area contributed by atoms with Gasteiger partial charge in [0.15, 0.2) is 5.82 Å². The second-order valence-corrected chi connectivity index (χ2v) is 7.41. The summed E-state index contributed by atoms with van der Waals surface area (Å²) in [5.74, 6) is 1.70. The number of nitrogens with one attached hydrogen (secondary N) is 1. The third-order valence-corrected chi connectivity index (χ3v) is 5.42. The topological polar surface area (TPSA) is 64.9 Å². The fourth-order valence-corrected chi connectivity index (χ4v) is 4.05. The van der Waals surface area contributed by atoms with Crippen LogP contribution in [0.15, 0.2) is 5.38 Å². The zero-order chi connectivity index (χ0) is 15.6. The van der Waals surface area contributed by atoms with Crippen molar-refractivity contribution < 1.29 is 4.74 Å². The summed E-state index contributed by atoms with van der Waals surface area (Å²) in [6, 6.07) is 0.449. The lowest BCUT2D eigenvalue weighted by Crippen LogP contribution is -2.35. The predicted octanol–water partition coefficient (Wildman–Crippen LogP) is 2.88. The minimum absolute atomic E-state index is 0.00772. The van der Waals surface area contributed by atoms with E-state index in [0.717, 1.165) is 42.0 Å². The lowest BCUT2D eigenvalue weighted by Gasteiger charge is -2.27. The summed E-state index contributed by atoms with van der Waals surface area (Å²) in [6.07, 6.45) is 6.25. The molecule has 1 atom stereocenters. The maximum atomic E-state index is 5.95. The van der Waals surface area contributed by atoms with Crippen LogP contribution in [0.1, 0.15) is 55.1 Å². The van der Waals surface area contributed by atoms with Crippen LogP contribution in [-0.4, -0.2) is 39.4 Å². The van der Waals surface area contributed by atoms with E-state index in [1.54, 1.807) is 11.3 Å². The first-order valence-electron chi connectivity index (χ1n) is 8.52. The molecule has 0 amide bonds. The Hall–Kier alpha value is -1.31. The molecule has 1 saturated heterocycles. The van der Waals surface area contributed by atoms with E-state index < -0.39 is 0 Å². The highest BCUT2D eigenvalue weighted by molar-refractivity contribution is 7.09. The summed E-state index contributed by atoms with van der Waals surface area (Å²) >= 11 is 1.64. The van der Waals surface area contributed by atoms with Gasteiger partial charge < -0.3 is 10.1 Å². The van der Waals surface area contributed by atoms with Crippen molar-refractivity contribution in [3.63, 3.8) is 0 Å². The van der Waals surface area contributed by atoms with Crippen LogP contribution in [0.3, 0.4) is 0 Å². The van der Waals surface area contributed by atoms with Crippen LogP contribution in [0.2, 0.25) is 0 Å². The largest absolute Gasteiger partial charge is 0.368 e. The molecule has 3 heterocycles. The minimum atomic E-state index is -0.00772. The number of hydrogen-bond donors (Lipinski definition) is 1. The first-order valence-corrected chi connectivity index (χ1v) is 9.40. The predicted molar refractivity (Wildman–Crippen MR) is 89.6 cm³/mol. The van der Waals surface area contributed by atoms with E-state index in [4.69, 9.17) is 14.8 Å². The SMILES string of the molecule is Cc1nc(-c2nc(C3CNCCO3)n(C3CCCCC3)n2)cs1. The van der Waals surface area contributed by atoms with Crippen molar-refractivity contribution in [2.45, 2.75) is 51.2 Å². The zero-order valence-corrected chi connectivity index (χ0v) is 14.3. The van der Waals surface area contributed by atoms with Crippen molar-refractivity contribution in [2.24, 2.45) is 0 Å². The third-order valence-electron chi connectivity index (χ3n) is 4.64. The summed E-state index contributed by atoms with van der Waals surface area (Å²) in [4.78, 5) is 9.37. The average Bonchev–Trinajstić information content (AvgIpc) is 3.23. The van der Waals surface area contributed by atoms with Gasteiger partial charge in [0.2, 0.25) is 5.82 Å². The first kappa shape index (κ1) is 15.2. The summed E-state index contributed by atoms with van der Waals surface area (Å²) in [7, 11) is 0. The smallest absolute Gasteiger partial charge is 0.201 e. The van der Waals surface area contributed by atoms with Crippen molar-refractivity contribution in [3.05, 3.63) is 16.2 Å². The Morgan fingerprint density at radius 2 is 2.13 bits per heavy atom. The van der Waals surface area contributed by atoms with Gasteiger partial charge in [-0.25, -0.2) is 14.6 Å². The molecule has 6 nitrogen and oxygen atoms in total. The van der Waals surface area contributed by atoms with Gasteiger partial charge in [-0.1, -0.05) is 19.3 Å². The van der Waals surface area contributed by atoms with Crippen molar-refractivity contribution >= 4 is 11.3 Å². The number of rotatable bonds is 3. The number of aryl methyl sites for hydroxylation is 1. The second kappa shape index (κ2) is 6.67. The summed E-state index contributed by atoms with van der Waals surface area (Å²) in [6.45, 7) is 4.46. The minimum Gasteiger partial charge on any atom is -0.368 e. The number of nitrogens with zero attached hydrogens (tertiary/aromatic N) is 4. The van der Waals surface area contributed by atoms with Gasteiger partial charge in [0.05, 0.1) is 17.7 Å². The normalized spacial score (nSPS) is 23.3. The highest BCUT2D eigenvalue weighted by Crippen LogP contribution is 2.32. The molecule has 1 N–H and O–H groups in total. The molecular weight excluding hydrogens is 310 g/mol. The molecule has 4 rings (SSSR count). The number of hydrogen-bond acceptors (Lipinski definition) is 6. The lowest BCUT2D eigenvalue weighted by atomic mass is 9.95. The first-order chi connectivity index (χ1) is 11.3. The highest BCUT2D eigenvalue weighted by atomic mass is 32.1. The fraction of sp³-hybridized carbons (Fsp3) is 0.688. The van der Waals surface area contributed by atoms with Gasteiger partial charge in [0.1, 0.15) is 11.8 Å².